The van der Waals surface area contributed by atoms with Gasteiger partial charge in [-0.3, -0.25) is 4.79 Å². The highest BCUT2D eigenvalue weighted by Gasteiger charge is 2.12. The molecule has 0 fully saturated rings. The Hall–Kier alpha value is -2.36. The summed E-state index contributed by atoms with van der Waals surface area (Å²) in [6.07, 6.45) is 0. The van der Waals surface area contributed by atoms with E-state index in [1.807, 2.05) is 43.3 Å². The highest BCUT2D eigenvalue weighted by atomic mass is 19.1. The molecular formula is C17H19FN2O. The fourth-order valence-electron chi connectivity index (χ4n) is 2.06. The Morgan fingerprint density at radius 3 is 2.05 bits per heavy atom. The van der Waals surface area contributed by atoms with Crippen LogP contribution in [0.2, 0.25) is 0 Å². The fraction of sp³-hybridized carbons (Fsp3) is 0.235. The SMILES string of the molecule is CN(Cc1ccc(N(C)C)cc1)C(=O)c1ccc(F)cc1. The first-order valence-corrected chi connectivity index (χ1v) is 6.74. The number of halogens is 1. The van der Waals surface area contributed by atoms with Gasteiger partial charge in [-0.05, 0) is 42.0 Å². The van der Waals surface area contributed by atoms with E-state index in [2.05, 4.69) is 0 Å². The zero-order valence-corrected chi connectivity index (χ0v) is 12.5. The number of rotatable bonds is 4. The Morgan fingerprint density at radius 2 is 1.52 bits per heavy atom. The summed E-state index contributed by atoms with van der Waals surface area (Å²) in [5, 5.41) is 0. The van der Waals surface area contributed by atoms with E-state index in [1.54, 1.807) is 11.9 Å². The van der Waals surface area contributed by atoms with E-state index in [-0.39, 0.29) is 11.7 Å². The average molecular weight is 286 g/mol. The van der Waals surface area contributed by atoms with Crippen LogP contribution in [0.4, 0.5) is 10.1 Å². The van der Waals surface area contributed by atoms with E-state index in [0.717, 1.165) is 11.3 Å². The minimum Gasteiger partial charge on any atom is -0.378 e. The summed E-state index contributed by atoms with van der Waals surface area (Å²) in [5.41, 5.74) is 2.66. The molecule has 0 aliphatic carbocycles. The predicted octanol–water partition coefficient (Wildman–Crippen LogP) is 3.16. The highest BCUT2D eigenvalue weighted by Crippen LogP contribution is 2.14. The summed E-state index contributed by atoms with van der Waals surface area (Å²) in [6.45, 7) is 0.518. The van der Waals surface area contributed by atoms with Crippen molar-refractivity contribution >= 4 is 11.6 Å². The van der Waals surface area contributed by atoms with Crippen LogP contribution in [0.25, 0.3) is 0 Å². The van der Waals surface area contributed by atoms with Gasteiger partial charge in [0.05, 0.1) is 0 Å². The van der Waals surface area contributed by atoms with Crippen LogP contribution in [0.3, 0.4) is 0 Å². The van der Waals surface area contributed by atoms with Crippen LogP contribution in [-0.4, -0.2) is 32.0 Å². The summed E-state index contributed by atoms with van der Waals surface area (Å²) >= 11 is 0. The molecule has 0 unspecified atom stereocenters. The molecule has 0 N–H and O–H groups in total. The second-order valence-corrected chi connectivity index (χ2v) is 5.23. The van der Waals surface area contributed by atoms with Gasteiger partial charge in [0.25, 0.3) is 5.91 Å². The Balaban J connectivity index is 2.05. The van der Waals surface area contributed by atoms with Gasteiger partial charge in [-0.1, -0.05) is 12.1 Å². The van der Waals surface area contributed by atoms with Gasteiger partial charge in [-0.25, -0.2) is 4.39 Å². The maximum atomic E-state index is 12.9. The van der Waals surface area contributed by atoms with Crippen molar-refractivity contribution in [3.05, 3.63) is 65.5 Å². The van der Waals surface area contributed by atoms with Crippen LogP contribution in [0.15, 0.2) is 48.5 Å². The molecule has 1 amide bonds. The predicted molar refractivity (Wildman–Crippen MR) is 83.0 cm³/mol. The molecule has 110 valence electrons. The lowest BCUT2D eigenvalue weighted by Gasteiger charge is -2.18. The van der Waals surface area contributed by atoms with Crippen molar-refractivity contribution in [2.75, 3.05) is 26.0 Å². The quantitative estimate of drug-likeness (QED) is 0.862. The Labute approximate surface area is 124 Å². The van der Waals surface area contributed by atoms with E-state index in [1.165, 1.54) is 24.3 Å². The van der Waals surface area contributed by atoms with E-state index in [9.17, 15) is 9.18 Å². The van der Waals surface area contributed by atoms with Crippen molar-refractivity contribution in [1.29, 1.82) is 0 Å². The van der Waals surface area contributed by atoms with Gasteiger partial charge in [0.15, 0.2) is 0 Å². The maximum Gasteiger partial charge on any atom is 0.253 e. The molecule has 0 aromatic heterocycles. The summed E-state index contributed by atoms with van der Waals surface area (Å²) < 4.78 is 12.9. The molecule has 21 heavy (non-hydrogen) atoms. The van der Waals surface area contributed by atoms with E-state index >= 15 is 0 Å². The number of carbonyl (C=O) groups excluding carboxylic acids is 1. The molecule has 0 saturated heterocycles. The van der Waals surface area contributed by atoms with Crippen molar-refractivity contribution < 1.29 is 9.18 Å². The summed E-state index contributed by atoms with van der Waals surface area (Å²) in [4.78, 5) is 15.9. The maximum absolute atomic E-state index is 12.9. The van der Waals surface area contributed by atoms with E-state index < -0.39 is 0 Å². The minimum absolute atomic E-state index is 0.119. The van der Waals surface area contributed by atoms with Crippen LogP contribution in [-0.2, 0) is 6.54 Å². The van der Waals surface area contributed by atoms with Gasteiger partial charge in [0.1, 0.15) is 5.82 Å². The number of amides is 1. The molecule has 0 radical (unpaired) electrons. The van der Waals surface area contributed by atoms with Gasteiger partial charge >= 0.3 is 0 Å². The van der Waals surface area contributed by atoms with Crippen LogP contribution in [0.1, 0.15) is 15.9 Å². The average Bonchev–Trinajstić information content (AvgIpc) is 2.47. The Bertz CT molecular complexity index is 606. The van der Waals surface area contributed by atoms with Crippen LogP contribution < -0.4 is 4.90 Å². The van der Waals surface area contributed by atoms with Crippen molar-refractivity contribution in [3.8, 4) is 0 Å². The molecule has 0 spiro atoms. The highest BCUT2D eigenvalue weighted by molar-refractivity contribution is 5.93. The van der Waals surface area contributed by atoms with Crippen LogP contribution in [0, 0.1) is 5.82 Å². The Kier molecular flexibility index (Phi) is 4.58. The second-order valence-electron chi connectivity index (χ2n) is 5.23. The molecular weight excluding hydrogens is 267 g/mol. The Morgan fingerprint density at radius 1 is 0.952 bits per heavy atom. The lowest BCUT2D eigenvalue weighted by molar-refractivity contribution is 0.0785. The largest absolute Gasteiger partial charge is 0.378 e. The monoisotopic (exact) mass is 286 g/mol. The molecule has 0 aliphatic rings. The van der Waals surface area contributed by atoms with Gasteiger partial charge in [-0.15, -0.1) is 0 Å². The number of carbonyl (C=O) groups is 1. The number of hydrogen-bond donors (Lipinski definition) is 0. The molecule has 4 heteroatoms. The molecule has 0 bridgehead atoms. The third-order valence-electron chi connectivity index (χ3n) is 3.31. The number of hydrogen-bond acceptors (Lipinski definition) is 2. The first-order chi connectivity index (χ1) is 9.97. The van der Waals surface area contributed by atoms with Gasteiger partial charge in [0.2, 0.25) is 0 Å². The molecule has 2 aromatic carbocycles. The smallest absolute Gasteiger partial charge is 0.253 e. The molecule has 0 saturated carbocycles. The molecule has 2 rings (SSSR count). The second kappa shape index (κ2) is 6.39. The van der Waals surface area contributed by atoms with Crippen molar-refractivity contribution in [1.82, 2.24) is 4.90 Å². The van der Waals surface area contributed by atoms with E-state index in [0.29, 0.717) is 12.1 Å². The number of benzene rings is 2. The third-order valence-corrected chi connectivity index (χ3v) is 3.31. The molecule has 3 nitrogen and oxygen atoms in total. The topological polar surface area (TPSA) is 23.6 Å². The summed E-state index contributed by atoms with van der Waals surface area (Å²) in [6, 6.07) is 13.6. The van der Waals surface area contributed by atoms with Gasteiger partial charge < -0.3 is 9.80 Å². The van der Waals surface area contributed by atoms with E-state index in [4.69, 9.17) is 0 Å². The molecule has 0 aliphatic heterocycles. The minimum atomic E-state index is -0.339. The zero-order chi connectivity index (χ0) is 15.4. The van der Waals surface area contributed by atoms with Gasteiger partial charge in [0, 0.05) is 38.9 Å². The summed E-state index contributed by atoms with van der Waals surface area (Å²) in [5.74, 6) is -0.458. The van der Waals surface area contributed by atoms with Crippen LogP contribution in [0.5, 0.6) is 0 Å². The van der Waals surface area contributed by atoms with Gasteiger partial charge in [-0.2, -0.15) is 0 Å². The van der Waals surface area contributed by atoms with Crippen molar-refractivity contribution in [2.45, 2.75) is 6.54 Å². The fourth-order valence-corrected chi connectivity index (χ4v) is 2.06. The number of nitrogens with zero attached hydrogens (tertiary/aromatic N) is 2. The normalized spacial score (nSPS) is 10.3. The molecule has 2 aromatic rings. The molecule has 0 atom stereocenters. The standard InChI is InChI=1S/C17H19FN2O/c1-19(2)16-10-4-13(5-11-16)12-20(3)17(21)14-6-8-15(18)9-7-14/h4-11H,12H2,1-3H3. The third kappa shape index (κ3) is 3.81. The van der Waals surface area contributed by atoms with Crippen molar-refractivity contribution in [3.63, 3.8) is 0 Å². The first kappa shape index (κ1) is 15.0. The zero-order valence-electron chi connectivity index (χ0n) is 12.5. The number of anilines is 1. The summed E-state index contributed by atoms with van der Waals surface area (Å²) in [7, 11) is 5.71. The lowest BCUT2D eigenvalue weighted by atomic mass is 10.1. The lowest BCUT2D eigenvalue weighted by Crippen LogP contribution is -2.26. The van der Waals surface area contributed by atoms with Crippen LogP contribution >= 0.6 is 0 Å². The van der Waals surface area contributed by atoms with Crippen molar-refractivity contribution in [2.24, 2.45) is 0 Å². The first-order valence-electron chi connectivity index (χ1n) is 6.74. The molecule has 0 heterocycles.